The minimum atomic E-state index is -4.70. The molecule has 0 saturated carbocycles. The second kappa shape index (κ2) is 11.1. The second-order valence-corrected chi connectivity index (χ2v) is 10.5. The van der Waals surface area contributed by atoms with E-state index >= 15 is 0 Å². The van der Waals surface area contributed by atoms with E-state index in [2.05, 4.69) is 4.99 Å². The third kappa shape index (κ3) is 7.27. The summed E-state index contributed by atoms with van der Waals surface area (Å²) in [6.45, 7) is 2.38. The molecule has 2 rings (SSSR count). The molecule has 0 amide bonds. The van der Waals surface area contributed by atoms with Gasteiger partial charge in [-0.2, -0.15) is 13.2 Å². The lowest BCUT2D eigenvalue weighted by atomic mass is 10.00. The van der Waals surface area contributed by atoms with Crippen LogP contribution in [-0.4, -0.2) is 51.1 Å². The number of carboxylic acid groups (broad SMARTS) is 1. The Balaban J connectivity index is 2.38. The molecule has 0 saturated heterocycles. The Morgan fingerprint density at radius 3 is 2.67 bits per heavy atom. The van der Waals surface area contributed by atoms with Crippen molar-refractivity contribution in [3.8, 4) is 0 Å². The number of allylic oxidation sites excluding steroid dienone is 2. The number of thiophene rings is 1. The predicted octanol–water partition coefficient (Wildman–Crippen LogP) is 4.33. The molecule has 3 N–H and O–H groups in total. The number of carboxylic acids is 1. The number of sulfone groups is 1. The lowest BCUT2D eigenvalue weighted by molar-refractivity contribution is -0.136. The van der Waals surface area contributed by atoms with Crippen LogP contribution in [-0.2, 0) is 19.4 Å². The Hall–Kier alpha value is -2.44. The van der Waals surface area contributed by atoms with Crippen LogP contribution in [0.5, 0.6) is 0 Å². The van der Waals surface area contributed by atoms with E-state index in [-0.39, 0.29) is 32.5 Å². The van der Waals surface area contributed by atoms with Gasteiger partial charge in [0.2, 0.25) is 9.84 Å². The van der Waals surface area contributed by atoms with Gasteiger partial charge < -0.3 is 15.6 Å². The van der Waals surface area contributed by atoms with E-state index in [1.807, 2.05) is 6.92 Å². The number of aliphatic imine (C=N–C) groups is 1. The van der Waals surface area contributed by atoms with E-state index in [9.17, 15) is 26.4 Å². The van der Waals surface area contributed by atoms with Gasteiger partial charge >= 0.3 is 12.1 Å². The number of halogens is 3. The van der Waals surface area contributed by atoms with Crippen LogP contribution in [0.1, 0.15) is 37.5 Å². The fourth-order valence-electron chi connectivity index (χ4n) is 3.01. The van der Waals surface area contributed by atoms with Crippen LogP contribution in [0.4, 0.5) is 13.2 Å². The molecule has 0 aliphatic heterocycles. The lowest BCUT2D eigenvalue weighted by Crippen LogP contribution is -2.21. The summed E-state index contributed by atoms with van der Waals surface area (Å²) in [6.07, 6.45) is -0.329. The molecule has 182 valence electrons. The van der Waals surface area contributed by atoms with Crippen molar-refractivity contribution in [3.05, 3.63) is 45.7 Å². The number of ether oxygens (including phenoxy) is 1. The Kier molecular flexibility index (Phi) is 9.04. The lowest BCUT2D eigenvalue weighted by Gasteiger charge is -2.21. The minimum Gasteiger partial charge on any atom is -0.481 e. The maximum absolute atomic E-state index is 13.2. The highest BCUT2D eigenvalue weighted by molar-refractivity contribution is 7.97. The maximum Gasteiger partial charge on any atom is 0.432 e. The molecular formula is C21H25F3N2O5S2. The van der Waals surface area contributed by atoms with Gasteiger partial charge in [-0.15, -0.1) is 11.3 Å². The van der Waals surface area contributed by atoms with Crippen molar-refractivity contribution in [2.45, 2.75) is 49.1 Å². The molecule has 0 radical (unpaired) electrons. The Bertz CT molecular complexity index is 1100. The van der Waals surface area contributed by atoms with Crippen LogP contribution >= 0.6 is 11.3 Å². The van der Waals surface area contributed by atoms with E-state index in [1.54, 1.807) is 0 Å². The van der Waals surface area contributed by atoms with E-state index in [0.717, 1.165) is 19.9 Å². The average molecular weight is 507 g/mol. The number of hydrogen-bond donors (Lipinski definition) is 2. The average Bonchev–Trinajstić information content (AvgIpc) is 3.22. The fourth-order valence-corrected chi connectivity index (χ4v) is 5.80. The molecule has 0 spiro atoms. The van der Waals surface area contributed by atoms with E-state index in [0.29, 0.717) is 29.6 Å². The number of nitrogens with zero attached hydrogens (tertiary/aromatic N) is 1. The largest absolute Gasteiger partial charge is 0.481 e. The van der Waals surface area contributed by atoms with E-state index < -0.39 is 33.8 Å². The van der Waals surface area contributed by atoms with Gasteiger partial charge in [-0.1, -0.05) is 18.9 Å². The summed E-state index contributed by atoms with van der Waals surface area (Å²) in [5.74, 6) is -1.10. The Morgan fingerprint density at radius 2 is 2.09 bits per heavy atom. The van der Waals surface area contributed by atoms with Crippen LogP contribution < -0.4 is 5.73 Å². The summed E-state index contributed by atoms with van der Waals surface area (Å²) in [5.41, 5.74) is 4.68. The molecule has 1 aliphatic rings. The molecule has 1 heterocycles. The molecule has 7 nitrogen and oxygen atoms in total. The molecule has 1 aromatic rings. The highest BCUT2D eigenvalue weighted by Crippen LogP contribution is 2.34. The quantitative estimate of drug-likeness (QED) is 0.360. The molecule has 1 aromatic heterocycles. The first-order valence-electron chi connectivity index (χ1n) is 9.99. The molecule has 1 atom stereocenters. The van der Waals surface area contributed by atoms with Crippen LogP contribution in [0, 0.1) is 0 Å². The van der Waals surface area contributed by atoms with Crippen LogP contribution in [0.3, 0.4) is 0 Å². The smallest absolute Gasteiger partial charge is 0.432 e. The number of rotatable bonds is 10. The Morgan fingerprint density at radius 1 is 1.39 bits per heavy atom. The van der Waals surface area contributed by atoms with Crippen molar-refractivity contribution >= 4 is 38.6 Å². The summed E-state index contributed by atoms with van der Waals surface area (Å²) < 4.78 is 70.7. The highest BCUT2D eigenvalue weighted by Gasteiger charge is 2.34. The molecule has 1 unspecified atom stereocenters. The van der Waals surface area contributed by atoms with Gasteiger partial charge in [0, 0.05) is 13.7 Å². The molecule has 0 bridgehead atoms. The minimum absolute atomic E-state index is 0.117. The SMILES string of the molecule is CCCCOC1C=C(S(=O)(=O)c2ccc(C(N)=CC(=NC)C(F)(F)F)s2)C=C(CC(=O)O)C1. The molecule has 33 heavy (non-hydrogen) atoms. The normalized spacial score (nSPS) is 18.2. The second-order valence-electron chi connectivity index (χ2n) is 7.24. The zero-order valence-corrected chi connectivity index (χ0v) is 19.7. The summed E-state index contributed by atoms with van der Waals surface area (Å²) in [4.78, 5) is 14.3. The molecule has 1 aliphatic carbocycles. The van der Waals surface area contributed by atoms with Crippen molar-refractivity contribution in [3.63, 3.8) is 0 Å². The predicted molar refractivity (Wildman–Crippen MR) is 121 cm³/mol. The van der Waals surface area contributed by atoms with Crippen molar-refractivity contribution in [1.82, 2.24) is 0 Å². The Labute approximate surface area is 194 Å². The fraction of sp³-hybridized carbons (Fsp3) is 0.429. The standard InChI is InChI=1S/C21H25F3N2O5S2/c1-3-4-7-31-14-8-13(10-19(27)28)9-15(11-14)33(29,30)20-6-5-17(32-20)16(25)12-18(26-2)21(22,23)24/h5-6,9,11-12,14H,3-4,7-8,10,25H2,1-2H3,(H,27,28). The summed E-state index contributed by atoms with van der Waals surface area (Å²) in [7, 11) is -3.10. The number of hydrogen-bond acceptors (Lipinski definition) is 7. The zero-order valence-electron chi connectivity index (χ0n) is 18.1. The van der Waals surface area contributed by atoms with Gasteiger partial charge in [-0.3, -0.25) is 9.79 Å². The maximum atomic E-state index is 13.2. The van der Waals surface area contributed by atoms with Crippen LogP contribution in [0.15, 0.2) is 50.0 Å². The number of nitrogens with two attached hydrogens (primary N) is 1. The van der Waals surface area contributed by atoms with Crippen molar-refractivity contribution in [2.24, 2.45) is 10.7 Å². The number of carbonyl (C=O) groups is 1. The van der Waals surface area contributed by atoms with Gasteiger partial charge in [0.15, 0.2) is 0 Å². The summed E-state index contributed by atoms with van der Waals surface area (Å²) >= 11 is 0.712. The molecule has 0 aromatic carbocycles. The van der Waals surface area contributed by atoms with E-state index in [4.69, 9.17) is 15.6 Å². The monoisotopic (exact) mass is 506 g/mol. The van der Waals surface area contributed by atoms with Crippen LogP contribution in [0.2, 0.25) is 0 Å². The van der Waals surface area contributed by atoms with Crippen LogP contribution in [0.25, 0.3) is 5.70 Å². The third-order valence-electron chi connectivity index (χ3n) is 4.63. The number of aliphatic carboxylic acids is 1. The third-order valence-corrected chi connectivity index (χ3v) is 8.01. The first-order valence-corrected chi connectivity index (χ1v) is 12.3. The highest BCUT2D eigenvalue weighted by atomic mass is 32.2. The van der Waals surface area contributed by atoms with Gasteiger partial charge in [-0.05, 0) is 43.2 Å². The van der Waals surface area contributed by atoms with Crippen molar-refractivity contribution < 1.29 is 36.2 Å². The van der Waals surface area contributed by atoms with Crippen molar-refractivity contribution in [1.29, 1.82) is 0 Å². The first kappa shape index (κ1) is 26.8. The van der Waals surface area contributed by atoms with Gasteiger partial charge in [0.05, 0.1) is 28.0 Å². The summed E-state index contributed by atoms with van der Waals surface area (Å²) in [6, 6.07) is 2.56. The van der Waals surface area contributed by atoms with Gasteiger partial charge in [0.25, 0.3) is 0 Å². The van der Waals surface area contributed by atoms with E-state index in [1.165, 1.54) is 24.3 Å². The van der Waals surface area contributed by atoms with Gasteiger partial charge in [0.1, 0.15) is 9.92 Å². The molecular weight excluding hydrogens is 481 g/mol. The number of alkyl halides is 3. The first-order chi connectivity index (χ1) is 15.4. The van der Waals surface area contributed by atoms with Crippen molar-refractivity contribution in [2.75, 3.05) is 13.7 Å². The molecule has 12 heteroatoms. The summed E-state index contributed by atoms with van der Waals surface area (Å²) in [5, 5.41) is 9.13. The molecule has 0 fully saturated rings. The topological polar surface area (TPSA) is 119 Å². The number of unbranched alkanes of at least 4 members (excludes halogenated alkanes) is 1. The van der Waals surface area contributed by atoms with Gasteiger partial charge in [-0.25, -0.2) is 8.42 Å². The zero-order chi connectivity index (χ0) is 24.8.